The van der Waals surface area contributed by atoms with Gasteiger partial charge in [-0.25, -0.2) is 0 Å². The summed E-state index contributed by atoms with van der Waals surface area (Å²) in [6.45, 7) is 6.03. The number of nitrogens with zero attached hydrogens (tertiary/aromatic N) is 3. The van der Waals surface area contributed by atoms with Gasteiger partial charge >= 0.3 is 0 Å². The molecule has 1 aliphatic rings. The molecule has 0 saturated carbocycles. The number of rotatable bonds is 4. The quantitative estimate of drug-likeness (QED) is 0.843. The highest BCUT2D eigenvalue weighted by Gasteiger charge is 2.11. The standard InChI is InChI=1S/C10H16N4O2S/c1-8(15)11-10-13-12-9(17-10)2-3-14-4-6-16-7-5-14/h2-7H2,1H3,(H,11,13,15). The molecule has 1 fully saturated rings. The van der Waals surface area contributed by atoms with E-state index in [2.05, 4.69) is 20.4 Å². The number of morpholine rings is 1. The first kappa shape index (κ1) is 12.4. The molecule has 0 radical (unpaired) electrons. The van der Waals surface area contributed by atoms with E-state index in [1.54, 1.807) is 0 Å². The monoisotopic (exact) mass is 256 g/mol. The fraction of sp³-hybridized carbons (Fsp3) is 0.700. The minimum absolute atomic E-state index is 0.110. The first-order valence-corrected chi connectivity index (χ1v) is 6.46. The van der Waals surface area contributed by atoms with Crippen molar-refractivity contribution < 1.29 is 9.53 Å². The van der Waals surface area contributed by atoms with Crippen LogP contribution in [0.1, 0.15) is 11.9 Å². The van der Waals surface area contributed by atoms with Crippen molar-refractivity contribution >= 4 is 22.4 Å². The van der Waals surface area contributed by atoms with E-state index < -0.39 is 0 Å². The maximum Gasteiger partial charge on any atom is 0.223 e. The van der Waals surface area contributed by atoms with Crippen LogP contribution in [0.4, 0.5) is 5.13 Å². The highest BCUT2D eigenvalue weighted by atomic mass is 32.1. The molecule has 1 aromatic heterocycles. The van der Waals surface area contributed by atoms with E-state index in [1.165, 1.54) is 18.3 Å². The number of amides is 1. The molecule has 0 bridgehead atoms. The molecular weight excluding hydrogens is 240 g/mol. The summed E-state index contributed by atoms with van der Waals surface area (Å²) in [4.78, 5) is 13.2. The molecule has 0 aromatic carbocycles. The molecule has 0 atom stereocenters. The summed E-state index contributed by atoms with van der Waals surface area (Å²) >= 11 is 1.44. The van der Waals surface area contributed by atoms with Gasteiger partial charge in [0.25, 0.3) is 0 Å². The van der Waals surface area contributed by atoms with Crippen LogP contribution in [0.5, 0.6) is 0 Å². The van der Waals surface area contributed by atoms with Crippen molar-refractivity contribution in [3.63, 3.8) is 0 Å². The average Bonchev–Trinajstić information content (AvgIpc) is 2.75. The Morgan fingerprint density at radius 2 is 2.24 bits per heavy atom. The van der Waals surface area contributed by atoms with Gasteiger partial charge in [0.15, 0.2) is 0 Å². The molecule has 7 heteroatoms. The van der Waals surface area contributed by atoms with E-state index in [-0.39, 0.29) is 5.91 Å². The summed E-state index contributed by atoms with van der Waals surface area (Å²) in [5, 5.41) is 12.1. The second-order valence-electron chi connectivity index (χ2n) is 3.89. The number of carbonyl (C=O) groups excluding carboxylic acids is 1. The van der Waals surface area contributed by atoms with Crippen molar-refractivity contribution in [3.05, 3.63) is 5.01 Å². The van der Waals surface area contributed by atoms with Gasteiger partial charge in [0, 0.05) is 33.0 Å². The van der Waals surface area contributed by atoms with Crippen LogP contribution in [0, 0.1) is 0 Å². The molecule has 0 aliphatic carbocycles. The van der Waals surface area contributed by atoms with Gasteiger partial charge in [0.05, 0.1) is 13.2 Å². The van der Waals surface area contributed by atoms with E-state index in [9.17, 15) is 4.79 Å². The molecule has 2 heterocycles. The van der Waals surface area contributed by atoms with Crippen LogP contribution in [0.25, 0.3) is 0 Å². The van der Waals surface area contributed by atoms with Crippen LogP contribution in [0.15, 0.2) is 0 Å². The Morgan fingerprint density at radius 3 is 2.94 bits per heavy atom. The average molecular weight is 256 g/mol. The number of carbonyl (C=O) groups is 1. The number of aromatic nitrogens is 2. The Labute approximate surface area is 104 Å². The Balaban J connectivity index is 1.78. The minimum atomic E-state index is -0.110. The zero-order valence-corrected chi connectivity index (χ0v) is 10.6. The second-order valence-corrected chi connectivity index (χ2v) is 4.95. The van der Waals surface area contributed by atoms with Crippen LogP contribution in [0.2, 0.25) is 0 Å². The van der Waals surface area contributed by atoms with Gasteiger partial charge in [-0.1, -0.05) is 11.3 Å². The normalized spacial score (nSPS) is 17.0. The minimum Gasteiger partial charge on any atom is -0.379 e. The Bertz CT molecular complexity index is 376. The van der Waals surface area contributed by atoms with Crippen LogP contribution in [-0.2, 0) is 16.0 Å². The summed E-state index contributed by atoms with van der Waals surface area (Å²) in [7, 11) is 0. The summed E-state index contributed by atoms with van der Waals surface area (Å²) in [5.41, 5.74) is 0. The van der Waals surface area contributed by atoms with Crippen molar-refractivity contribution in [2.75, 3.05) is 38.2 Å². The Morgan fingerprint density at radius 1 is 1.47 bits per heavy atom. The van der Waals surface area contributed by atoms with Gasteiger partial charge in [-0.05, 0) is 0 Å². The third kappa shape index (κ3) is 4.03. The predicted molar refractivity (Wildman–Crippen MR) is 65.2 cm³/mol. The summed E-state index contributed by atoms with van der Waals surface area (Å²) in [6.07, 6.45) is 0.872. The van der Waals surface area contributed by atoms with E-state index in [0.29, 0.717) is 5.13 Å². The van der Waals surface area contributed by atoms with Crippen LogP contribution in [0.3, 0.4) is 0 Å². The highest BCUT2D eigenvalue weighted by Crippen LogP contribution is 2.15. The third-order valence-corrected chi connectivity index (χ3v) is 3.39. The molecule has 94 valence electrons. The lowest BCUT2D eigenvalue weighted by Gasteiger charge is -2.25. The zero-order valence-electron chi connectivity index (χ0n) is 9.81. The van der Waals surface area contributed by atoms with Gasteiger partial charge < -0.3 is 10.1 Å². The number of nitrogens with one attached hydrogen (secondary N) is 1. The van der Waals surface area contributed by atoms with Gasteiger partial charge in [0.1, 0.15) is 5.01 Å². The van der Waals surface area contributed by atoms with Gasteiger partial charge in [-0.2, -0.15) is 0 Å². The molecule has 1 aliphatic heterocycles. The van der Waals surface area contributed by atoms with E-state index in [4.69, 9.17) is 4.74 Å². The lowest BCUT2D eigenvalue weighted by atomic mass is 10.3. The predicted octanol–water partition coefficient (Wildman–Crippen LogP) is 0.371. The van der Waals surface area contributed by atoms with Crippen molar-refractivity contribution in [2.45, 2.75) is 13.3 Å². The zero-order chi connectivity index (χ0) is 12.1. The molecule has 6 nitrogen and oxygen atoms in total. The Kier molecular flexibility index (Phi) is 4.41. The number of ether oxygens (including phenoxy) is 1. The lowest BCUT2D eigenvalue weighted by Crippen LogP contribution is -2.37. The SMILES string of the molecule is CC(=O)Nc1nnc(CCN2CCOCC2)s1. The molecule has 1 aromatic rings. The lowest BCUT2D eigenvalue weighted by molar-refractivity contribution is -0.114. The van der Waals surface area contributed by atoms with Gasteiger partial charge in [0.2, 0.25) is 11.0 Å². The fourth-order valence-electron chi connectivity index (χ4n) is 1.63. The summed E-state index contributed by atoms with van der Waals surface area (Å²) in [5.74, 6) is -0.110. The smallest absolute Gasteiger partial charge is 0.223 e. The van der Waals surface area contributed by atoms with Gasteiger partial charge in [-0.3, -0.25) is 9.69 Å². The third-order valence-electron chi connectivity index (χ3n) is 2.50. The van der Waals surface area contributed by atoms with Crippen molar-refractivity contribution in [1.29, 1.82) is 0 Å². The molecule has 2 rings (SSSR count). The van der Waals surface area contributed by atoms with Gasteiger partial charge in [-0.15, -0.1) is 10.2 Å². The molecule has 17 heavy (non-hydrogen) atoms. The maximum atomic E-state index is 10.8. The summed E-state index contributed by atoms with van der Waals surface area (Å²) in [6, 6.07) is 0. The first-order chi connectivity index (χ1) is 8.24. The molecule has 0 spiro atoms. The van der Waals surface area contributed by atoms with Crippen LogP contribution < -0.4 is 5.32 Å². The topological polar surface area (TPSA) is 67.4 Å². The molecule has 1 amide bonds. The fourth-order valence-corrected chi connectivity index (χ4v) is 2.41. The molecule has 1 N–H and O–H groups in total. The number of hydrogen-bond acceptors (Lipinski definition) is 6. The number of anilines is 1. The van der Waals surface area contributed by atoms with E-state index in [0.717, 1.165) is 44.3 Å². The van der Waals surface area contributed by atoms with Crippen LogP contribution in [-0.4, -0.2) is 53.9 Å². The second kappa shape index (κ2) is 6.04. The first-order valence-electron chi connectivity index (χ1n) is 5.64. The van der Waals surface area contributed by atoms with Crippen molar-refractivity contribution in [2.24, 2.45) is 0 Å². The van der Waals surface area contributed by atoms with E-state index >= 15 is 0 Å². The largest absolute Gasteiger partial charge is 0.379 e. The molecular formula is C10H16N4O2S. The highest BCUT2D eigenvalue weighted by molar-refractivity contribution is 7.15. The molecule has 1 saturated heterocycles. The van der Waals surface area contributed by atoms with E-state index in [1.807, 2.05) is 0 Å². The van der Waals surface area contributed by atoms with Crippen molar-refractivity contribution in [1.82, 2.24) is 15.1 Å². The molecule has 0 unspecified atom stereocenters. The maximum absolute atomic E-state index is 10.8. The number of hydrogen-bond donors (Lipinski definition) is 1. The van der Waals surface area contributed by atoms with Crippen molar-refractivity contribution in [3.8, 4) is 0 Å². The summed E-state index contributed by atoms with van der Waals surface area (Å²) < 4.78 is 5.29. The Hall–Kier alpha value is -1.05. The van der Waals surface area contributed by atoms with Crippen LogP contribution >= 0.6 is 11.3 Å².